The molecule has 1 aromatic carbocycles. The first kappa shape index (κ1) is 15.9. The lowest BCUT2D eigenvalue weighted by Gasteiger charge is -2.17. The second kappa shape index (κ2) is 8.07. The number of nitrogens with one attached hydrogen (secondary N) is 1. The zero-order valence-corrected chi connectivity index (χ0v) is 12.8. The Kier molecular flexibility index (Phi) is 5.82. The number of rotatable bonds is 6. The molecule has 0 unspecified atom stereocenters. The quantitative estimate of drug-likeness (QED) is 0.817. The molecule has 5 nitrogen and oxygen atoms in total. The largest absolute Gasteiger partial charge is 0.495 e. The fourth-order valence-electron chi connectivity index (χ4n) is 2.64. The average molecular weight is 296 g/mol. The number of likely N-dealkylation sites (tertiary alicyclic amines) is 1. The standard InChI is InChI=1S/C17H20N4O/c1-22-16-6-4-5-15(7-10-21-8-2-3-9-21)17(16)20-13-14(11-18)12-19/h4-6,13,20H,2-3,7-10H2,1H3. The number of hydrogen-bond acceptors (Lipinski definition) is 5. The Labute approximate surface area is 131 Å². The Morgan fingerprint density at radius 2 is 2.05 bits per heavy atom. The van der Waals surface area contributed by atoms with Gasteiger partial charge < -0.3 is 15.0 Å². The molecule has 0 saturated carbocycles. The normalized spacial score (nSPS) is 14.0. The van der Waals surface area contributed by atoms with E-state index in [-0.39, 0.29) is 5.57 Å². The van der Waals surface area contributed by atoms with Crippen LogP contribution in [-0.2, 0) is 6.42 Å². The summed E-state index contributed by atoms with van der Waals surface area (Å²) in [5.41, 5.74) is 1.99. The lowest BCUT2D eigenvalue weighted by atomic mass is 10.1. The summed E-state index contributed by atoms with van der Waals surface area (Å²) in [6.07, 6.45) is 4.89. The lowest BCUT2D eigenvalue weighted by Crippen LogP contribution is -2.22. The zero-order chi connectivity index (χ0) is 15.8. The molecule has 0 radical (unpaired) electrons. The van der Waals surface area contributed by atoms with Crippen molar-refractivity contribution in [3.8, 4) is 17.9 Å². The minimum atomic E-state index is 0.0383. The molecule has 2 rings (SSSR count). The highest BCUT2D eigenvalue weighted by molar-refractivity contribution is 5.64. The van der Waals surface area contributed by atoms with Crippen molar-refractivity contribution in [2.45, 2.75) is 19.3 Å². The number of anilines is 1. The molecule has 1 aliphatic rings. The molecule has 1 saturated heterocycles. The number of allylic oxidation sites excluding steroid dienone is 1. The van der Waals surface area contributed by atoms with Gasteiger partial charge >= 0.3 is 0 Å². The Balaban J connectivity index is 2.16. The van der Waals surface area contributed by atoms with E-state index in [1.807, 2.05) is 30.3 Å². The van der Waals surface area contributed by atoms with Gasteiger partial charge in [-0.1, -0.05) is 12.1 Å². The maximum atomic E-state index is 8.83. The molecule has 1 N–H and O–H groups in total. The number of nitriles is 2. The first-order valence-electron chi connectivity index (χ1n) is 7.43. The highest BCUT2D eigenvalue weighted by atomic mass is 16.5. The van der Waals surface area contributed by atoms with Gasteiger partial charge in [0.2, 0.25) is 0 Å². The topological polar surface area (TPSA) is 72.1 Å². The summed E-state index contributed by atoms with van der Waals surface area (Å²) >= 11 is 0. The van der Waals surface area contributed by atoms with Crippen LogP contribution in [0.3, 0.4) is 0 Å². The van der Waals surface area contributed by atoms with E-state index in [0.29, 0.717) is 5.75 Å². The fourth-order valence-corrected chi connectivity index (χ4v) is 2.64. The molecule has 0 amide bonds. The second-order valence-corrected chi connectivity index (χ2v) is 5.22. The zero-order valence-electron chi connectivity index (χ0n) is 12.8. The summed E-state index contributed by atoms with van der Waals surface area (Å²) in [5, 5.41) is 20.7. The highest BCUT2D eigenvalue weighted by Crippen LogP contribution is 2.29. The fraction of sp³-hybridized carbons (Fsp3) is 0.412. The average Bonchev–Trinajstić information content (AvgIpc) is 3.07. The number of ether oxygens (including phenoxy) is 1. The van der Waals surface area contributed by atoms with Crippen LogP contribution in [0.5, 0.6) is 5.75 Å². The van der Waals surface area contributed by atoms with Gasteiger partial charge in [-0.3, -0.25) is 0 Å². The van der Waals surface area contributed by atoms with E-state index in [1.54, 1.807) is 7.11 Å². The molecule has 5 heteroatoms. The molecule has 22 heavy (non-hydrogen) atoms. The SMILES string of the molecule is COc1cccc(CCN2CCCC2)c1NC=C(C#N)C#N. The Morgan fingerprint density at radius 1 is 1.32 bits per heavy atom. The number of methoxy groups -OCH3 is 1. The van der Waals surface area contributed by atoms with Crippen LogP contribution in [0.1, 0.15) is 18.4 Å². The predicted octanol–water partition coefficient (Wildman–Crippen LogP) is 2.68. The Bertz CT molecular complexity index is 603. The van der Waals surface area contributed by atoms with Gasteiger partial charge in [-0.05, 0) is 44.0 Å². The van der Waals surface area contributed by atoms with Crippen molar-refractivity contribution in [1.82, 2.24) is 4.90 Å². The highest BCUT2D eigenvalue weighted by Gasteiger charge is 2.13. The van der Waals surface area contributed by atoms with Crippen molar-refractivity contribution >= 4 is 5.69 Å². The summed E-state index contributed by atoms with van der Waals surface area (Å²) in [7, 11) is 1.62. The molecule has 0 bridgehead atoms. The van der Waals surface area contributed by atoms with Crippen LogP contribution >= 0.6 is 0 Å². The second-order valence-electron chi connectivity index (χ2n) is 5.22. The first-order chi connectivity index (χ1) is 10.8. The van der Waals surface area contributed by atoms with Crippen LogP contribution in [0.2, 0.25) is 0 Å². The lowest BCUT2D eigenvalue weighted by molar-refractivity contribution is 0.343. The smallest absolute Gasteiger partial charge is 0.145 e. The van der Waals surface area contributed by atoms with Gasteiger partial charge in [-0.2, -0.15) is 10.5 Å². The van der Waals surface area contributed by atoms with E-state index in [4.69, 9.17) is 15.3 Å². The third-order valence-corrected chi connectivity index (χ3v) is 3.83. The maximum Gasteiger partial charge on any atom is 0.145 e. The van der Waals surface area contributed by atoms with Gasteiger partial charge in [0.1, 0.15) is 23.5 Å². The van der Waals surface area contributed by atoms with Crippen LogP contribution in [0.25, 0.3) is 0 Å². The van der Waals surface area contributed by atoms with Crippen molar-refractivity contribution in [3.05, 3.63) is 35.5 Å². The van der Waals surface area contributed by atoms with Gasteiger partial charge in [0.15, 0.2) is 0 Å². The van der Waals surface area contributed by atoms with Crippen LogP contribution < -0.4 is 10.1 Å². The van der Waals surface area contributed by atoms with Gasteiger partial charge in [-0.25, -0.2) is 0 Å². The minimum Gasteiger partial charge on any atom is -0.495 e. The summed E-state index contributed by atoms with van der Waals surface area (Å²) < 4.78 is 5.39. The van der Waals surface area contributed by atoms with Crippen molar-refractivity contribution in [1.29, 1.82) is 10.5 Å². The summed E-state index contributed by atoms with van der Waals surface area (Å²) in [4.78, 5) is 2.45. The molecule has 0 aromatic heterocycles. The number of benzene rings is 1. The molecule has 114 valence electrons. The Morgan fingerprint density at radius 3 is 2.68 bits per heavy atom. The van der Waals surface area contributed by atoms with E-state index in [2.05, 4.69) is 10.2 Å². The molecule has 0 spiro atoms. The summed E-state index contributed by atoms with van der Waals surface area (Å²) in [6, 6.07) is 9.57. The van der Waals surface area contributed by atoms with E-state index in [9.17, 15) is 0 Å². The van der Waals surface area contributed by atoms with Crippen LogP contribution in [-0.4, -0.2) is 31.6 Å². The van der Waals surface area contributed by atoms with Crippen molar-refractivity contribution in [2.75, 3.05) is 32.1 Å². The number of hydrogen-bond donors (Lipinski definition) is 1. The van der Waals surface area contributed by atoms with Crippen LogP contribution in [0.15, 0.2) is 30.0 Å². The molecular weight excluding hydrogens is 276 g/mol. The molecule has 0 aliphatic carbocycles. The van der Waals surface area contributed by atoms with Crippen molar-refractivity contribution in [2.24, 2.45) is 0 Å². The van der Waals surface area contributed by atoms with Gasteiger partial charge in [0.25, 0.3) is 0 Å². The van der Waals surface area contributed by atoms with Gasteiger partial charge in [0.05, 0.1) is 12.8 Å². The van der Waals surface area contributed by atoms with Crippen molar-refractivity contribution < 1.29 is 4.74 Å². The van der Waals surface area contributed by atoms with Gasteiger partial charge in [0, 0.05) is 12.7 Å². The van der Waals surface area contributed by atoms with Crippen LogP contribution in [0.4, 0.5) is 5.69 Å². The molecular formula is C17H20N4O. The molecule has 0 atom stereocenters. The van der Waals surface area contributed by atoms with E-state index in [0.717, 1.165) is 24.2 Å². The first-order valence-corrected chi connectivity index (χ1v) is 7.43. The van der Waals surface area contributed by atoms with Gasteiger partial charge in [-0.15, -0.1) is 0 Å². The third-order valence-electron chi connectivity index (χ3n) is 3.83. The molecule has 1 fully saturated rings. The molecule has 1 aromatic rings. The summed E-state index contributed by atoms with van der Waals surface area (Å²) in [5.74, 6) is 0.713. The van der Waals surface area contributed by atoms with Crippen LogP contribution in [0, 0.1) is 22.7 Å². The third kappa shape index (κ3) is 4.00. The summed E-state index contributed by atoms with van der Waals surface area (Å²) in [6.45, 7) is 3.34. The minimum absolute atomic E-state index is 0.0383. The van der Waals surface area contributed by atoms with E-state index < -0.39 is 0 Å². The van der Waals surface area contributed by atoms with E-state index >= 15 is 0 Å². The van der Waals surface area contributed by atoms with E-state index in [1.165, 1.54) is 32.1 Å². The molecule has 1 heterocycles. The Hall–Kier alpha value is -2.50. The predicted molar refractivity (Wildman–Crippen MR) is 85.3 cm³/mol. The number of nitrogens with zero attached hydrogens (tertiary/aromatic N) is 3. The monoisotopic (exact) mass is 296 g/mol. The molecule has 1 aliphatic heterocycles. The number of para-hydroxylation sites is 1. The van der Waals surface area contributed by atoms with Crippen molar-refractivity contribution in [3.63, 3.8) is 0 Å². The maximum absolute atomic E-state index is 8.83.